The number of hydrogen-bond acceptors (Lipinski definition) is 6. The molecule has 1 aromatic carbocycles. The number of benzene rings is 1. The van der Waals surface area contributed by atoms with Crippen LogP contribution in [0.3, 0.4) is 0 Å². The molecule has 3 N–H and O–H groups in total. The number of nitrogens with two attached hydrogens (primary N) is 1. The smallest absolute Gasteiger partial charge is 0.175 e. The monoisotopic (exact) mass is 311 g/mol. The van der Waals surface area contributed by atoms with Crippen LogP contribution in [0, 0.1) is 0 Å². The summed E-state index contributed by atoms with van der Waals surface area (Å²) in [6.45, 7) is 2.77. The summed E-state index contributed by atoms with van der Waals surface area (Å²) in [6, 6.07) is 4.73. The van der Waals surface area contributed by atoms with Gasteiger partial charge in [0, 0.05) is 30.3 Å². The van der Waals surface area contributed by atoms with E-state index in [1.807, 2.05) is 5.38 Å². The Morgan fingerprint density at radius 3 is 2.75 bits per heavy atom. The molecule has 0 aliphatic rings. The molecular formula is C13H17N3O2S2. The van der Waals surface area contributed by atoms with E-state index in [4.69, 9.17) is 5.73 Å². The summed E-state index contributed by atoms with van der Waals surface area (Å²) in [4.78, 5) is 4.50. The predicted octanol–water partition coefficient (Wildman–Crippen LogP) is 2.34. The maximum Gasteiger partial charge on any atom is 0.175 e. The minimum atomic E-state index is -3.22. The van der Waals surface area contributed by atoms with Gasteiger partial charge in [-0.3, -0.25) is 0 Å². The van der Waals surface area contributed by atoms with Crippen LogP contribution in [0.1, 0.15) is 17.8 Å². The van der Waals surface area contributed by atoms with E-state index in [0.29, 0.717) is 12.2 Å². The van der Waals surface area contributed by atoms with Gasteiger partial charge < -0.3 is 11.1 Å². The van der Waals surface area contributed by atoms with Crippen LogP contribution in [0.4, 0.5) is 11.4 Å². The molecule has 1 unspecified atom stereocenters. The van der Waals surface area contributed by atoms with Crippen LogP contribution in [-0.4, -0.2) is 26.2 Å². The van der Waals surface area contributed by atoms with Crippen molar-refractivity contribution in [3.8, 4) is 0 Å². The highest BCUT2D eigenvalue weighted by Gasteiger charge is 2.11. The first-order chi connectivity index (χ1) is 9.38. The van der Waals surface area contributed by atoms with Crippen molar-refractivity contribution < 1.29 is 8.42 Å². The first-order valence-electron chi connectivity index (χ1n) is 6.11. The van der Waals surface area contributed by atoms with Crippen LogP contribution in [0.5, 0.6) is 0 Å². The molecule has 5 nitrogen and oxygen atoms in total. The highest BCUT2D eigenvalue weighted by Crippen LogP contribution is 2.24. The molecule has 0 saturated heterocycles. The van der Waals surface area contributed by atoms with E-state index in [0.717, 1.165) is 10.7 Å². The second kappa shape index (κ2) is 5.80. The average Bonchev–Trinajstić information content (AvgIpc) is 2.89. The fraction of sp³-hybridized carbons (Fsp3) is 0.308. The van der Waals surface area contributed by atoms with Crippen LogP contribution in [-0.2, 0) is 9.84 Å². The molecule has 7 heteroatoms. The zero-order valence-electron chi connectivity index (χ0n) is 11.3. The quantitative estimate of drug-likeness (QED) is 0.828. The largest absolute Gasteiger partial charge is 0.397 e. The third-order valence-corrected chi connectivity index (χ3v) is 5.04. The van der Waals surface area contributed by atoms with Crippen LogP contribution >= 0.6 is 11.3 Å². The number of aromatic nitrogens is 1. The molecule has 1 aromatic heterocycles. The van der Waals surface area contributed by atoms with E-state index in [1.54, 1.807) is 29.7 Å². The summed E-state index contributed by atoms with van der Waals surface area (Å²) < 4.78 is 22.9. The molecule has 0 bridgehead atoms. The average molecular weight is 311 g/mol. The summed E-state index contributed by atoms with van der Waals surface area (Å²) in [7, 11) is -3.22. The molecule has 108 valence electrons. The van der Waals surface area contributed by atoms with E-state index < -0.39 is 9.84 Å². The van der Waals surface area contributed by atoms with Crippen molar-refractivity contribution in [1.82, 2.24) is 4.98 Å². The Hall–Kier alpha value is -1.60. The molecule has 0 aliphatic heterocycles. The molecule has 0 saturated carbocycles. The summed E-state index contributed by atoms with van der Waals surface area (Å²) in [5, 5.41) is 6.23. The molecule has 2 rings (SSSR count). The van der Waals surface area contributed by atoms with Crippen LogP contribution in [0.25, 0.3) is 0 Å². The molecule has 0 radical (unpaired) electrons. The zero-order chi connectivity index (χ0) is 14.8. The lowest BCUT2D eigenvalue weighted by Gasteiger charge is -2.13. The molecule has 0 aliphatic carbocycles. The van der Waals surface area contributed by atoms with Crippen LogP contribution in [0.2, 0.25) is 0 Å². The van der Waals surface area contributed by atoms with Crippen molar-refractivity contribution >= 4 is 32.5 Å². The van der Waals surface area contributed by atoms with Crippen molar-refractivity contribution in [2.75, 3.05) is 23.9 Å². The molecule has 2 aromatic rings. The minimum absolute atomic E-state index is 0.230. The maximum atomic E-state index is 11.4. The van der Waals surface area contributed by atoms with E-state index >= 15 is 0 Å². The van der Waals surface area contributed by atoms with Crippen molar-refractivity contribution in [3.05, 3.63) is 34.8 Å². The second-order valence-electron chi connectivity index (χ2n) is 4.67. The Labute approximate surface area is 122 Å². The van der Waals surface area contributed by atoms with Crippen molar-refractivity contribution in [1.29, 1.82) is 0 Å². The molecule has 1 atom stereocenters. The summed E-state index contributed by atoms with van der Waals surface area (Å²) in [5.41, 5.74) is 7.05. The van der Waals surface area contributed by atoms with Gasteiger partial charge in [-0.1, -0.05) is 6.92 Å². The van der Waals surface area contributed by atoms with Crippen LogP contribution in [0.15, 0.2) is 34.7 Å². The molecule has 1 heterocycles. The van der Waals surface area contributed by atoms with E-state index in [9.17, 15) is 8.42 Å². The van der Waals surface area contributed by atoms with Gasteiger partial charge in [-0.15, -0.1) is 11.3 Å². The molecule has 0 fully saturated rings. The Morgan fingerprint density at radius 2 is 2.20 bits per heavy atom. The summed E-state index contributed by atoms with van der Waals surface area (Å²) in [6.07, 6.45) is 2.95. The lowest BCUT2D eigenvalue weighted by molar-refractivity contribution is 0.602. The van der Waals surface area contributed by atoms with Crippen LogP contribution < -0.4 is 11.1 Å². The Bertz CT molecular complexity index is 682. The van der Waals surface area contributed by atoms with E-state index in [1.165, 1.54) is 12.3 Å². The van der Waals surface area contributed by atoms with Gasteiger partial charge >= 0.3 is 0 Å². The third-order valence-electron chi connectivity index (χ3n) is 2.92. The highest BCUT2D eigenvalue weighted by atomic mass is 32.2. The first-order valence-corrected chi connectivity index (χ1v) is 8.88. The van der Waals surface area contributed by atoms with Crippen molar-refractivity contribution in [2.45, 2.75) is 17.7 Å². The number of nitrogens with zero attached hydrogens (tertiary/aromatic N) is 1. The Balaban J connectivity index is 2.07. The number of thiazole rings is 1. The van der Waals surface area contributed by atoms with Gasteiger partial charge in [0.2, 0.25) is 0 Å². The number of sulfone groups is 1. The number of anilines is 2. The zero-order valence-corrected chi connectivity index (χ0v) is 13.0. The predicted molar refractivity (Wildman–Crippen MR) is 83.0 cm³/mol. The van der Waals surface area contributed by atoms with Gasteiger partial charge in [0.05, 0.1) is 21.3 Å². The number of nitrogen functional groups attached to an aromatic ring is 1. The van der Waals surface area contributed by atoms with Gasteiger partial charge in [-0.2, -0.15) is 0 Å². The summed E-state index contributed by atoms with van der Waals surface area (Å²) >= 11 is 1.61. The fourth-order valence-electron chi connectivity index (χ4n) is 1.76. The van der Waals surface area contributed by atoms with Gasteiger partial charge in [0.15, 0.2) is 9.84 Å². The van der Waals surface area contributed by atoms with Gasteiger partial charge in [0.25, 0.3) is 0 Å². The first kappa shape index (κ1) is 14.8. The van der Waals surface area contributed by atoms with E-state index in [-0.39, 0.29) is 10.8 Å². The van der Waals surface area contributed by atoms with Crippen molar-refractivity contribution in [3.63, 3.8) is 0 Å². The summed E-state index contributed by atoms with van der Waals surface area (Å²) in [5.74, 6) is 0.268. The molecule has 0 amide bonds. The number of nitrogens with one attached hydrogen (secondary N) is 1. The normalized spacial score (nSPS) is 13.1. The van der Waals surface area contributed by atoms with Crippen molar-refractivity contribution in [2.24, 2.45) is 0 Å². The molecular weight excluding hydrogens is 294 g/mol. The van der Waals surface area contributed by atoms with Gasteiger partial charge in [0.1, 0.15) is 0 Å². The van der Waals surface area contributed by atoms with E-state index in [2.05, 4.69) is 17.2 Å². The molecule has 0 spiro atoms. The fourth-order valence-corrected chi connectivity index (χ4v) is 3.12. The number of hydrogen-bond donors (Lipinski definition) is 2. The number of rotatable bonds is 5. The lowest BCUT2D eigenvalue weighted by atomic mass is 10.2. The van der Waals surface area contributed by atoms with Gasteiger partial charge in [-0.25, -0.2) is 13.4 Å². The topological polar surface area (TPSA) is 85.1 Å². The minimum Gasteiger partial charge on any atom is -0.397 e. The SMILES string of the molecule is CC(CNc1ccc(S(C)(=O)=O)cc1N)c1nccs1. The third kappa shape index (κ3) is 3.49. The highest BCUT2D eigenvalue weighted by molar-refractivity contribution is 7.90. The van der Waals surface area contributed by atoms with Gasteiger partial charge in [-0.05, 0) is 18.2 Å². The Morgan fingerprint density at radius 1 is 1.45 bits per heavy atom. The lowest BCUT2D eigenvalue weighted by Crippen LogP contribution is -2.11. The maximum absolute atomic E-state index is 11.4. The molecule has 20 heavy (non-hydrogen) atoms. The second-order valence-corrected chi connectivity index (χ2v) is 7.62. The standard InChI is InChI=1S/C13H17N3O2S2/c1-9(13-15-5-6-19-13)8-16-12-4-3-10(7-11(12)14)20(2,17)18/h3-7,9,16H,8,14H2,1-2H3. The Kier molecular flexibility index (Phi) is 4.29.